The monoisotopic (exact) mass is 220 g/mol. The van der Waals surface area contributed by atoms with Crippen molar-refractivity contribution in [2.45, 2.75) is 0 Å². The first-order valence-electron chi connectivity index (χ1n) is 0.114. The van der Waals surface area contributed by atoms with Crippen molar-refractivity contribution < 1.29 is 12.8 Å². The van der Waals surface area contributed by atoms with Gasteiger partial charge in [0.2, 0.25) is 0 Å². The van der Waals surface area contributed by atoms with Crippen molar-refractivity contribution in [2.24, 2.45) is 0 Å². The zero-order valence-electron chi connectivity index (χ0n) is 2.68. The predicted octanol–water partition coefficient (Wildman–Crippen LogP) is 1.78. The summed E-state index contributed by atoms with van der Waals surface area (Å²) in [5, 5.41) is 0. The number of hydrogen-bond acceptors (Lipinski definition) is 0. The van der Waals surface area contributed by atoms with Crippen LogP contribution in [0.25, 0.3) is 0 Å². The van der Waals surface area contributed by atoms with Gasteiger partial charge in [0.05, 0.1) is 0 Å². The molecule has 0 aromatic heterocycles. The van der Waals surface area contributed by atoms with Crippen LogP contribution in [0.3, 0.4) is 0 Å². The van der Waals surface area contributed by atoms with Crippen molar-refractivity contribution in [1.82, 2.24) is 0 Å². The molecule has 0 rings (SSSR count). The molecule has 0 N–H and O–H groups in total. The third-order valence-electron chi connectivity index (χ3n) is 0. The molecule has 0 atom stereocenters. The Kier molecular flexibility index (Phi) is 135. The Labute approximate surface area is 47.9 Å². The summed E-state index contributed by atoms with van der Waals surface area (Å²) in [6, 6.07) is 0. The number of halogens is 1. The number of rotatable bonds is 0. The maximum absolute atomic E-state index is 4.16. The SMILES string of the molecule is [CH3-].[CH3-].[Cu][I]. The van der Waals surface area contributed by atoms with Crippen molar-refractivity contribution >= 4 is 20.3 Å². The van der Waals surface area contributed by atoms with E-state index >= 15 is 0 Å². The van der Waals surface area contributed by atoms with Gasteiger partial charge in [-0.1, -0.05) is 0 Å². The van der Waals surface area contributed by atoms with Gasteiger partial charge in [-0.3, -0.25) is 0 Å². The van der Waals surface area contributed by atoms with Crippen LogP contribution in [-0.2, 0) is 12.8 Å². The third-order valence-corrected chi connectivity index (χ3v) is 0. The van der Waals surface area contributed by atoms with Gasteiger partial charge < -0.3 is 14.9 Å². The summed E-state index contributed by atoms with van der Waals surface area (Å²) in [6.45, 7) is 0. The van der Waals surface area contributed by atoms with E-state index in [9.17, 15) is 0 Å². The van der Waals surface area contributed by atoms with Crippen LogP contribution in [0.5, 0.6) is 0 Å². The van der Waals surface area contributed by atoms with E-state index in [4.69, 9.17) is 0 Å². The van der Waals surface area contributed by atoms with Gasteiger partial charge in [0.25, 0.3) is 0 Å². The minimum atomic E-state index is 0. The van der Waals surface area contributed by atoms with Gasteiger partial charge in [-0.05, 0) is 0 Å². The Morgan fingerprint density at radius 1 is 1.00 bits per heavy atom. The van der Waals surface area contributed by atoms with Gasteiger partial charge in [-0.25, -0.2) is 0 Å². The zero-order valence-corrected chi connectivity index (χ0v) is 5.78. The first-order valence-corrected chi connectivity index (χ1v) is 3.15. The summed E-state index contributed by atoms with van der Waals surface area (Å²) >= 11 is 5.87. The topological polar surface area (TPSA) is 0 Å². The Balaban J connectivity index is -0.00000000500. The van der Waals surface area contributed by atoms with Gasteiger partial charge in [-0.2, -0.15) is 0 Å². The molecule has 0 spiro atoms. The van der Waals surface area contributed by atoms with Crippen molar-refractivity contribution in [1.29, 1.82) is 0 Å². The second kappa shape index (κ2) is 28.7. The molecule has 0 saturated heterocycles. The van der Waals surface area contributed by atoms with Crippen molar-refractivity contribution in [2.75, 3.05) is 0 Å². The predicted molar refractivity (Wildman–Crippen MR) is 26.8 cm³/mol. The molecule has 0 aromatic rings. The molecule has 0 heterocycles. The van der Waals surface area contributed by atoms with Crippen LogP contribution in [0.4, 0.5) is 0 Å². The molecule has 0 radical (unpaired) electrons. The quantitative estimate of drug-likeness (QED) is 0.332. The molecule has 0 aliphatic carbocycles. The molecule has 0 aromatic carbocycles. The average Bonchev–Trinajstić information content (AvgIpc) is 1.00. The van der Waals surface area contributed by atoms with Crippen LogP contribution in [0, 0.1) is 14.9 Å². The summed E-state index contributed by atoms with van der Waals surface area (Å²) in [5.41, 5.74) is 0. The molecule has 0 aliphatic rings. The van der Waals surface area contributed by atoms with Crippen LogP contribution in [0.15, 0.2) is 0 Å². The Morgan fingerprint density at radius 2 is 1.00 bits per heavy atom. The first-order chi connectivity index (χ1) is 1.00. The Bertz CT molecular complexity index is 6.00. The van der Waals surface area contributed by atoms with Gasteiger partial charge in [0, 0.05) is 0 Å². The van der Waals surface area contributed by atoms with Crippen LogP contribution in [0.2, 0.25) is 0 Å². The fraction of sp³-hybridized carbons (Fsp3) is 0. The average molecular weight is 221 g/mol. The van der Waals surface area contributed by atoms with Crippen LogP contribution >= 0.6 is 20.3 Å². The van der Waals surface area contributed by atoms with E-state index in [2.05, 4.69) is 12.8 Å². The van der Waals surface area contributed by atoms with E-state index in [1.54, 1.807) is 20.3 Å². The summed E-state index contributed by atoms with van der Waals surface area (Å²) in [7, 11) is 0. The Hall–Kier alpha value is 1.25. The van der Waals surface area contributed by atoms with E-state index in [1.807, 2.05) is 0 Å². The molecule has 0 unspecified atom stereocenters. The molecule has 0 nitrogen and oxygen atoms in total. The van der Waals surface area contributed by atoms with Crippen molar-refractivity contribution in [3.8, 4) is 0 Å². The van der Waals surface area contributed by atoms with Gasteiger partial charge in [0.1, 0.15) is 0 Å². The van der Waals surface area contributed by atoms with Crippen molar-refractivity contribution in [3.63, 3.8) is 0 Å². The second-order valence-electron chi connectivity index (χ2n) is 0. The number of hydrogen-bond donors (Lipinski definition) is 0. The summed E-state index contributed by atoms with van der Waals surface area (Å²) in [6.07, 6.45) is 0. The van der Waals surface area contributed by atoms with Gasteiger partial charge >= 0.3 is 33.1 Å². The Morgan fingerprint density at radius 3 is 1.00 bits per heavy atom. The van der Waals surface area contributed by atoms with E-state index in [-0.39, 0.29) is 14.9 Å². The molecular formula is C2H6CuI-2. The molecule has 0 bridgehead atoms. The third kappa shape index (κ3) is 10.5. The zero-order chi connectivity index (χ0) is 2.00. The normalized spacial score (nSPS) is 1.75. The van der Waals surface area contributed by atoms with Crippen LogP contribution in [0.1, 0.15) is 0 Å². The molecule has 34 valence electrons. The van der Waals surface area contributed by atoms with Crippen LogP contribution in [-0.4, -0.2) is 0 Å². The second-order valence-corrected chi connectivity index (χ2v) is 0. The maximum atomic E-state index is 4.16. The molecule has 0 saturated carbocycles. The summed E-state index contributed by atoms with van der Waals surface area (Å²) in [5.74, 6) is 0. The van der Waals surface area contributed by atoms with Gasteiger partial charge in [0.15, 0.2) is 0 Å². The molecule has 4 heavy (non-hydrogen) atoms. The molecule has 0 fully saturated rings. The molecular weight excluding hydrogens is 214 g/mol. The standard InChI is InChI=1S/2CH3.Cu.HI/h2*1H3;;1H/q2*-1;+1;/p-1. The van der Waals surface area contributed by atoms with Gasteiger partial charge in [-0.15, -0.1) is 0 Å². The van der Waals surface area contributed by atoms with E-state index in [0.29, 0.717) is 0 Å². The van der Waals surface area contributed by atoms with E-state index in [1.165, 1.54) is 0 Å². The fourth-order valence-corrected chi connectivity index (χ4v) is 0. The summed E-state index contributed by atoms with van der Waals surface area (Å²) < 4.78 is 0. The molecule has 0 aliphatic heterocycles. The summed E-state index contributed by atoms with van der Waals surface area (Å²) in [4.78, 5) is 0. The van der Waals surface area contributed by atoms with E-state index < -0.39 is 0 Å². The van der Waals surface area contributed by atoms with Crippen molar-refractivity contribution in [3.05, 3.63) is 14.9 Å². The fourth-order valence-electron chi connectivity index (χ4n) is 0. The minimum absolute atomic E-state index is 0. The molecule has 2 heteroatoms. The van der Waals surface area contributed by atoms with E-state index in [0.717, 1.165) is 0 Å². The first kappa shape index (κ1) is 18.7. The molecule has 0 amide bonds. The van der Waals surface area contributed by atoms with Crippen LogP contribution < -0.4 is 0 Å².